The zero-order chi connectivity index (χ0) is 14.3. The molecule has 0 amide bonds. The van der Waals surface area contributed by atoms with E-state index >= 15 is 0 Å². The third-order valence-corrected chi connectivity index (χ3v) is 4.11. The second-order valence-corrected chi connectivity index (χ2v) is 5.65. The lowest BCUT2D eigenvalue weighted by atomic mass is 10.1. The largest absolute Gasteiger partial charge is 0.261 e. The quantitative estimate of drug-likeness (QED) is 0.457. The molecular formula is C19H26N+. The normalized spacial score (nSPS) is 11.5. The van der Waals surface area contributed by atoms with E-state index in [4.69, 9.17) is 0 Å². The van der Waals surface area contributed by atoms with Gasteiger partial charge in [-0.2, -0.15) is 0 Å². The molecule has 0 N–H and O–H groups in total. The Hall–Kier alpha value is -1.60. The van der Waals surface area contributed by atoms with Crippen LogP contribution in [0.2, 0.25) is 0 Å². The summed E-state index contributed by atoms with van der Waals surface area (Å²) in [6.07, 6.45) is 5.22. The van der Waals surface area contributed by atoms with Crippen LogP contribution < -0.4 is 4.48 Å². The van der Waals surface area contributed by atoms with Gasteiger partial charge in [-0.05, 0) is 37.1 Å². The van der Waals surface area contributed by atoms with Gasteiger partial charge in [0.2, 0.25) is 0 Å². The molecule has 2 aromatic rings. The van der Waals surface area contributed by atoms with Gasteiger partial charge in [-0.1, -0.05) is 56.2 Å². The molecule has 1 heteroatoms. The molecule has 1 nitrogen and oxygen atoms in total. The molecule has 0 aliphatic heterocycles. The van der Waals surface area contributed by atoms with E-state index in [2.05, 4.69) is 74.6 Å². The smallest absolute Gasteiger partial charge is 0.137 e. The predicted molar refractivity (Wildman–Crippen MR) is 89.3 cm³/mol. The van der Waals surface area contributed by atoms with Gasteiger partial charge in [-0.3, -0.25) is 4.48 Å². The summed E-state index contributed by atoms with van der Waals surface area (Å²) in [7, 11) is 2.33. The number of nitrogens with zero attached hydrogens (tertiary/aromatic N) is 1. The van der Waals surface area contributed by atoms with Crippen molar-refractivity contribution in [2.45, 2.75) is 32.6 Å². The average Bonchev–Trinajstić information content (AvgIpc) is 2.53. The molecule has 0 bridgehead atoms. The number of hydrogen-bond acceptors (Lipinski definition) is 0. The summed E-state index contributed by atoms with van der Waals surface area (Å²) < 4.78 is 0.894. The zero-order valence-electron chi connectivity index (χ0n) is 12.8. The van der Waals surface area contributed by atoms with Crippen molar-refractivity contribution in [2.24, 2.45) is 0 Å². The zero-order valence-corrected chi connectivity index (χ0v) is 12.8. The summed E-state index contributed by atoms with van der Waals surface area (Å²) >= 11 is 0. The minimum Gasteiger partial charge on any atom is -0.261 e. The van der Waals surface area contributed by atoms with E-state index in [-0.39, 0.29) is 0 Å². The molecule has 0 atom stereocenters. The first kappa shape index (κ1) is 14.8. The van der Waals surface area contributed by atoms with E-state index in [1.807, 2.05) is 0 Å². The second kappa shape index (κ2) is 7.25. The molecular weight excluding hydrogens is 242 g/mol. The van der Waals surface area contributed by atoms with E-state index in [9.17, 15) is 0 Å². The minimum absolute atomic E-state index is 0.894. The van der Waals surface area contributed by atoms with Crippen LogP contribution in [0.25, 0.3) is 0 Å². The first-order valence-electron chi connectivity index (χ1n) is 7.74. The van der Waals surface area contributed by atoms with Crippen molar-refractivity contribution in [1.29, 1.82) is 0 Å². The molecule has 2 rings (SSSR count). The SMILES string of the molecule is CCCCCC[N+](C)(c1ccccc1)c1ccccc1. The molecule has 0 radical (unpaired) electrons. The van der Waals surface area contributed by atoms with E-state index in [0.717, 1.165) is 11.0 Å². The average molecular weight is 268 g/mol. The molecule has 0 heterocycles. The molecule has 106 valence electrons. The third kappa shape index (κ3) is 3.49. The van der Waals surface area contributed by atoms with E-state index in [1.54, 1.807) is 0 Å². The van der Waals surface area contributed by atoms with Gasteiger partial charge in [-0.25, -0.2) is 0 Å². The minimum atomic E-state index is 0.894. The van der Waals surface area contributed by atoms with Crippen LogP contribution in [0.3, 0.4) is 0 Å². The van der Waals surface area contributed by atoms with E-state index < -0.39 is 0 Å². The number of quaternary nitrogens is 1. The highest BCUT2D eigenvalue weighted by Gasteiger charge is 2.26. The topological polar surface area (TPSA) is 0 Å². The molecule has 0 aliphatic rings. The molecule has 0 spiro atoms. The van der Waals surface area contributed by atoms with E-state index in [1.165, 1.54) is 37.1 Å². The summed E-state index contributed by atoms with van der Waals surface area (Å²) in [5, 5.41) is 0. The van der Waals surface area contributed by atoms with Gasteiger partial charge < -0.3 is 0 Å². The molecule has 0 unspecified atom stereocenters. The van der Waals surface area contributed by atoms with Crippen LogP contribution in [0.5, 0.6) is 0 Å². The number of benzene rings is 2. The number of unbranched alkanes of at least 4 members (excludes halogenated alkanes) is 3. The maximum atomic E-state index is 2.33. The second-order valence-electron chi connectivity index (χ2n) is 5.65. The Morgan fingerprint density at radius 3 is 1.65 bits per heavy atom. The molecule has 0 aromatic heterocycles. The van der Waals surface area contributed by atoms with Gasteiger partial charge >= 0.3 is 0 Å². The van der Waals surface area contributed by atoms with Crippen LogP contribution in [0.1, 0.15) is 32.6 Å². The lowest BCUT2D eigenvalue weighted by molar-refractivity contribution is 0.432. The molecule has 0 aliphatic carbocycles. The fourth-order valence-corrected chi connectivity index (χ4v) is 2.78. The maximum absolute atomic E-state index is 2.33. The Morgan fingerprint density at radius 2 is 1.20 bits per heavy atom. The van der Waals surface area contributed by atoms with Crippen LogP contribution in [-0.2, 0) is 0 Å². The van der Waals surface area contributed by atoms with Crippen molar-refractivity contribution in [1.82, 2.24) is 4.48 Å². The molecule has 2 aromatic carbocycles. The molecule has 0 fully saturated rings. The molecule has 20 heavy (non-hydrogen) atoms. The standard InChI is InChI=1S/C19H26N/c1-3-4-5-12-17-20(2,18-13-8-6-9-14-18)19-15-10-7-11-16-19/h6-11,13-16H,3-5,12,17H2,1-2H3/q+1. The van der Waals surface area contributed by atoms with Gasteiger partial charge in [0.25, 0.3) is 0 Å². The Morgan fingerprint density at radius 1 is 0.700 bits per heavy atom. The van der Waals surface area contributed by atoms with Crippen LogP contribution in [0.4, 0.5) is 11.4 Å². The summed E-state index contributed by atoms with van der Waals surface area (Å²) in [6.45, 7) is 3.43. The molecule has 0 saturated heterocycles. The number of hydrogen-bond donors (Lipinski definition) is 0. The van der Waals surface area contributed by atoms with Crippen molar-refractivity contribution in [3.05, 3.63) is 60.7 Å². The lowest BCUT2D eigenvalue weighted by Gasteiger charge is -2.33. The highest BCUT2D eigenvalue weighted by atomic mass is 15.3. The highest BCUT2D eigenvalue weighted by molar-refractivity contribution is 5.57. The summed E-state index contributed by atoms with van der Waals surface area (Å²) in [5.41, 5.74) is 2.74. The fourth-order valence-electron chi connectivity index (χ4n) is 2.78. The van der Waals surface area contributed by atoms with Crippen molar-refractivity contribution >= 4 is 11.4 Å². The van der Waals surface area contributed by atoms with Crippen molar-refractivity contribution in [2.75, 3.05) is 13.6 Å². The van der Waals surface area contributed by atoms with Gasteiger partial charge in [-0.15, -0.1) is 0 Å². The lowest BCUT2D eigenvalue weighted by Crippen LogP contribution is -2.40. The Kier molecular flexibility index (Phi) is 5.37. The van der Waals surface area contributed by atoms with Gasteiger partial charge in [0.05, 0.1) is 13.6 Å². The third-order valence-electron chi connectivity index (χ3n) is 4.11. The Bertz CT molecular complexity index is 450. The van der Waals surface area contributed by atoms with Crippen molar-refractivity contribution in [3.63, 3.8) is 0 Å². The molecule has 0 saturated carbocycles. The Balaban J connectivity index is 2.24. The number of para-hydroxylation sites is 2. The van der Waals surface area contributed by atoms with Crippen molar-refractivity contribution in [3.8, 4) is 0 Å². The summed E-state index contributed by atoms with van der Waals surface area (Å²) in [4.78, 5) is 0. The summed E-state index contributed by atoms with van der Waals surface area (Å²) in [6, 6.07) is 21.7. The van der Waals surface area contributed by atoms with Crippen LogP contribution in [-0.4, -0.2) is 13.6 Å². The summed E-state index contributed by atoms with van der Waals surface area (Å²) in [5.74, 6) is 0. The van der Waals surface area contributed by atoms with Crippen LogP contribution in [0, 0.1) is 0 Å². The fraction of sp³-hybridized carbons (Fsp3) is 0.368. The first-order chi connectivity index (χ1) is 9.77. The first-order valence-corrected chi connectivity index (χ1v) is 7.74. The Labute approximate surface area is 123 Å². The maximum Gasteiger partial charge on any atom is 0.137 e. The monoisotopic (exact) mass is 268 g/mol. The van der Waals surface area contributed by atoms with Crippen LogP contribution in [0.15, 0.2) is 60.7 Å². The number of rotatable bonds is 7. The highest BCUT2D eigenvalue weighted by Crippen LogP contribution is 2.32. The van der Waals surface area contributed by atoms with Gasteiger partial charge in [0.15, 0.2) is 0 Å². The van der Waals surface area contributed by atoms with Gasteiger partial charge in [0.1, 0.15) is 11.4 Å². The van der Waals surface area contributed by atoms with Gasteiger partial charge in [0, 0.05) is 0 Å². The van der Waals surface area contributed by atoms with Crippen LogP contribution >= 0.6 is 0 Å². The van der Waals surface area contributed by atoms with E-state index in [0.29, 0.717) is 0 Å². The van der Waals surface area contributed by atoms with Crippen molar-refractivity contribution < 1.29 is 0 Å². The predicted octanol–water partition coefficient (Wildman–Crippen LogP) is 5.54.